The molecule has 1 aromatic rings. The lowest BCUT2D eigenvalue weighted by Crippen LogP contribution is -1.67. The van der Waals surface area contributed by atoms with E-state index < -0.39 is 0 Å². The summed E-state index contributed by atoms with van der Waals surface area (Å²) in [6.45, 7) is 0. The van der Waals surface area contributed by atoms with Crippen LogP contribution in [0.2, 0.25) is 0 Å². The zero-order valence-corrected chi connectivity index (χ0v) is 7.13. The van der Waals surface area contributed by atoms with Crippen molar-refractivity contribution in [1.82, 2.24) is 0 Å². The molecular formula is C7H5BrS. The highest BCUT2D eigenvalue weighted by molar-refractivity contribution is 9.10. The van der Waals surface area contributed by atoms with Gasteiger partial charge in [0.15, 0.2) is 0 Å². The molecule has 0 saturated heterocycles. The maximum Gasteiger partial charge on any atom is 0.0357 e. The maximum absolute atomic E-state index is 3.48. The predicted octanol–water partition coefficient (Wildman–Crippen LogP) is 3.08. The third kappa shape index (κ3) is 0.775. The second-order valence-electron chi connectivity index (χ2n) is 2.03. The fraction of sp³-hybridized carbons (Fsp3) is 0.143. The van der Waals surface area contributed by atoms with Gasteiger partial charge < -0.3 is 0 Å². The topological polar surface area (TPSA) is 0 Å². The summed E-state index contributed by atoms with van der Waals surface area (Å²) in [6.07, 6.45) is 5.51. The second-order valence-corrected chi connectivity index (χ2v) is 3.85. The minimum absolute atomic E-state index is 1.13. The van der Waals surface area contributed by atoms with Crippen LogP contribution in [0.5, 0.6) is 0 Å². The van der Waals surface area contributed by atoms with Crippen LogP contribution in [0.25, 0.3) is 6.08 Å². The molecule has 1 aliphatic rings. The van der Waals surface area contributed by atoms with Crippen molar-refractivity contribution < 1.29 is 0 Å². The van der Waals surface area contributed by atoms with Crippen molar-refractivity contribution in [2.75, 3.05) is 0 Å². The van der Waals surface area contributed by atoms with Crippen molar-refractivity contribution in [2.45, 2.75) is 6.42 Å². The average Bonchev–Trinajstić information content (AvgIpc) is 2.35. The summed E-state index contributed by atoms with van der Waals surface area (Å²) < 4.78 is 1.25. The van der Waals surface area contributed by atoms with Crippen LogP contribution in [-0.4, -0.2) is 0 Å². The van der Waals surface area contributed by atoms with Crippen LogP contribution >= 0.6 is 27.3 Å². The Labute approximate surface area is 66.3 Å². The van der Waals surface area contributed by atoms with E-state index in [4.69, 9.17) is 0 Å². The molecule has 1 aliphatic carbocycles. The van der Waals surface area contributed by atoms with Gasteiger partial charge in [0.25, 0.3) is 0 Å². The highest BCUT2D eigenvalue weighted by Crippen LogP contribution is 2.32. The van der Waals surface area contributed by atoms with Crippen LogP contribution in [0.3, 0.4) is 0 Å². The van der Waals surface area contributed by atoms with Crippen molar-refractivity contribution >= 4 is 33.3 Å². The van der Waals surface area contributed by atoms with E-state index >= 15 is 0 Å². The summed E-state index contributed by atoms with van der Waals surface area (Å²) in [6, 6.07) is 0. The van der Waals surface area contributed by atoms with Crippen LogP contribution in [0.15, 0.2) is 15.9 Å². The molecule has 0 amide bonds. The number of halogens is 1. The molecule has 0 N–H and O–H groups in total. The normalized spacial score (nSPS) is 14.3. The molecule has 9 heavy (non-hydrogen) atoms. The van der Waals surface area contributed by atoms with Gasteiger partial charge in [-0.05, 0) is 15.9 Å². The molecule has 2 heteroatoms. The summed E-state index contributed by atoms with van der Waals surface area (Å²) in [5, 5.41) is 2.15. The minimum Gasteiger partial charge on any atom is -0.147 e. The summed E-state index contributed by atoms with van der Waals surface area (Å²) in [5.74, 6) is 0. The molecule has 0 saturated carbocycles. The molecular weight excluding hydrogens is 196 g/mol. The number of hydrogen-bond acceptors (Lipinski definition) is 1. The van der Waals surface area contributed by atoms with E-state index in [1.165, 1.54) is 14.9 Å². The van der Waals surface area contributed by atoms with E-state index in [0.717, 1.165) is 6.42 Å². The summed E-state index contributed by atoms with van der Waals surface area (Å²) >= 11 is 5.31. The molecule has 0 unspecified atom stereocenters. The summed E-state index contributed by atoms with van der Waals surface area (Å²) in [5.41, 5.74) is 1.39. The van der Waals surface area contributed by atoms with E-state index in [1.807, 2.05) is 11.3 Å². The largest absolute Gasteiger partial charge is 0.147 e. The van der Waals surface area contributed by atoms with Gasteiger partial charge in [0.1, 0.15) is 0 Å². The quantitative estimate of drug-likeness (QED) is 0.605. The zero-order chi connectivity index (χ0) is 6.27. The highest BCUT2D eigenvalue weighted by Gasteiger charge is 2.09. The first-order valence-electron chi connectivity index (χ1n) is 2.80. The Morgan fingerprint density at radius 1 is 1.56 bits per heavy atom. The molecule has 0 aromatic carbocycles. The number of rotatable bonds is 0. The average molecular weight is 201 g/mol. The van der Waals surface area contributed by atoms with Gasteiger partial charge in [0.05, 0.1) is 0 Å². The highest BCUT2D eigenvalue weighted by atomic mass is 79.9. The number of thiophene rings is 1. The fourth-order valence-corrected chi connectivity index (χ4v) is 2.65. The van der Waals surface area contributed by atoms with Gasteiger partial charge in [-0.2, -0.15) is 0 Å². The van der Waals surface area contributed by atoms with Gasteiger partial charge >= 0.3 is 0 Å². The molecule has 0 aliphatic heterocycles. The number of fused-ring (bicyclic) bond motifs is 1. The summed E-state index contributed by atoms with van der Waals surface area (Å²) in [7, 11) is 0. The Bertz CT molecular complexity index is 260. The third-order valence-corrected chi connectivity index (χ3v) is 3.43. The van der Waals surface area contributed by atoms with Gasteiger partial charge in [-0.15, -0.1) is 11.3 Å². The van der Waals surface area contributed by atoms with Gasteiger partial charge in [-0.1, -0.05) is 12.2 Å². The van der Waals surface area contributed by atoms with Crippen LogP contribution in [-0.2, 0) is 6.42 Å². The molecule has 2 rings (SSSR count). The molecule has 1 heterocycles. The van der Waals surface area contributed by atoms with Gasteiger partial charge in [0.2, 0.25) is 0 Å². The number of allylic oxidation sites excluding steroid dienone is 1. The lowest BCUT2D eigenvalue weighted by Gasteiger charge is -1.83. The van der Waals surface area contributed by atoms with Crippen molar-refractivity contribution in [1.29, 1.82) is 0 Å². The van der Waals surface area contributed by atoms with Crippen LogP contribution < -0.4 is 0 Å². The Kier molecular flexibility index (Phi) is 1.24. The summed E-state index contributed by atoms with van der Waals surface area (Å²) in [4.78, 5) is 1.49. The SMILES string of the molecule is Brc1csc2c1C=CC2. The Morgan fingerprint density at radius 3 is 3.22 bits per heavy atom. The van der Waals surface area contributed by atoms with Crippen molar-refractivity contribution in [3.63, 3.8) is 0 Å². The molecule has 1 aromatic heterocycles. The zero-order valence-electron chi connectivity index (χ0n) is 4.73. The first-order chi connectivity index (χ1) is 4.38. The molecule has 0 radical (unpaired) electrons. The Balaban J connectivity index is 2.67. The first kappa shape index (κ1) is 5.69. The van der Waals surface area contributed by atoms with E-state index in [0.29, 0.717) is 0 Å². The lowest BCUT2D eigenvalue weighted by atomic mass is 10.3. The van der Waals surface area contributed by atoms with Gasteiger partial charge in [0, 0.05) is 26.7 Å². The molecule has 0 spiro atoms. The van der Waals surface area contributed by atoms with E-state index in [1.54, 1.807) is 0 Å². The van der Waals surface area contributed by atoms with E-state index in [2.05, 4.69) is 33.5 Å². The molecule has 0 fully saturated rings. The molecule has 0 bridgehead atoms. The first-order valence-corrected chi connectivity index (χ1v) is 4.47. The van der Waals surface area contributed by atoms with E-state index in [9.17, 15) is 0 Å². The molecule has 46 valence electrons. The number of hydrogen-bond donors (Lipinski definition) is 0. The fourth-order valence-electron chi connectivity index (χ4n) is 0.997. The van der Waals surface area contributed by atoms with Crippen LogP contribution in [0.1, 0.15) is 10.4 Å². The molecule has 0 nitrogen and oxygen atoms in total. The maximum atomic E-state index is 3.48. The van der Waals surface area contributed by atoms with Crippen LogP contribution in [0.4, 0.5) is 0 Å². The van der Waals surface area contributed by atoms with Crippen LogP contribution in [0, 0.1) is 0 Å². The van der Waals surface area contributed by atoms with Crippen molar-refractivity contribution in [3.05, 3.63) is 26.4 Å². The van der Waals surface area contributed by atoms with E-state index in [-0.39, 0.29) is 0 Å². The smallest absolute Gasteiger partial charge is 0.0357 e. The monoisotopic (exact) mass is 200 g/mol. The predicted molar refractivity (Wildman–Crippen MR) is 44.8 cm³/mol. The third-order valence-electron chi connectivity index (χ3n) is 1.45. The van der Waals surface area contributed by atoms with Gasteiger partial charge in [-0.25, -0.2) is 0 Å². The van der Waals surface area contributed by atoms with Crippen molar-refractivity contribution in [3.8, 4) is 0 Å². The lowest BCUT2D eigenvalue weighted by molar-refractivity contribution is 1.39. The Morgan fingerprint density at radius 2 is 2.44 bits per heavy atom. The molecule has 0 atom stereocenters. The van der Waals surface area contributed by atoms with Crippen molar-refractivity contribution in [2.24, 2.45) is 0 Å². The Hall–Kier alpha value is -0.0800. The standard InChI is InChI=1S/C7H5BrS/c8-6-4-9-7-3-1-2-5(6)7/h1-2,4H,3H2. The minimum atomic E-state index is 1.13. The second kappa shape index (κ2) is 1.96. The van der Waals surface area contributed by atoms with Gasteiger partial charge in [-0.3, -0.25) is 0 Å².